The second-order valence-electron chi connectivity index (χ2n) is 2.50. The first kappa shape index (κ1) is 10.7. The molecule has 0 saturated carbocycles. The van der Waals surface area contributed by atoms with Crippen molar-refractivity contribution >= 4 is 0 Å². The summed E-state index contributed by atoms with van der Waals surface area (Å²) in [7, 11) is 0. The van der Waals surface area contributed by atoms with Gasteiger partial charge in [-0.25, -0.2) is 0 Å². The van der Waals surface area contributed by atoms with Crippen molar-refractivity contribution in [3.8, 4) is 0 Å². The van der Waals surface area contributed by atoms with Gasteiger partial charge in [0.15, 0.2) is 0 Å². The first-order chi connectivity index (χ1) is 6.51. The molecule has 0 fully saturated rings. The highest BCUT2D eigenvalue weighted by molar-refractivity contribution is 5.20. The van der Waals surface area contributed by atoms with Crippen molar-refractivity contribution in [1.82, 2.24) is 0 Å². The lowest BCUT2D eigenvalue weighted by Gasteiger charge is -2.12. The summed E-state index contributed by atoms with van der Waals surface area (Å²) < 4.78 is 43.9. The van der Waals surface area contributed by atoms with Crippen LogP contribution >= 0.6 is 0 Å². The molecule has 78 valence electrons. The lowest BCUT2D eigenvalue weighted by atomic mass is 10.2. The summed E-state index contributed by atoms with van der Waals surface area (Å²) in [4.78, 5) is 0. The van der Waals surface area contributed by atoms with Crippen LogP contribution in [0.1, 0.15) is 13.3 Å². The number of halogens is 3. The van der Waals surface area contributed by atoms with Crippen molar-refractivity contribution in [1.29, 1.82) is 0 Å². The monoisotopic (exact) mass is 206 g/mol. The maximum absolute atomic E-state index is 11.7. The number of allylic oxidation sites excluding steroid dienone is 1. The Labute approximate surface area is 79.3 Å². The molecule has 0 unspecified atom stereocenters. The molecule has 1 rings (SSSR count). The first-order valence-corrected chi connectivity index (χ1v) is 4.05. The average molecular weight is 206 g/mol. The molecule has 1 aliphatic carbocycles. The standard InChI is InChI=1S/C9H9F3O2/c1-2-13-7-3-5-8(6-4-7)14-9(10,11)12/h5-6H,2-3H2,1H3. The van der Waals surface area contributed by atoms with Crippen LogP contribution in [0.15, 0.2) is 29.4 Å². The number of hydrogen-bond acceptors (Lipinski definition) is 2. The van der Waals surface area contributed by atoms with Gasteiger partial charge >= 0.3 is 6.36 Å². The van der Waals surface area contributed by atoms with Gasteiger partial charge in [0.2, 0.25) is 0 Å². The molecular formula is C9H9F3O2. The Kier molecular flexibility index (Phi) is 3.25. The molecular weight excluding hydrogens is 197 g/mol. The molecule has 0 N–H and O–H groups in total. The molecule has 0 spiro atoms. The third kappa shape index (κ3) is 3.58. The fraction of sp³-hybridized carbons (Fsp3) is 0.444. The predicted octanol–water partition coefficient (Wildman–Crippen LogP) is 2.89. The van der Waals surface area contributed by atoms with Gasteiger partial charge in [-0.3, -0.25) is 0 Å². The van der Waals surface area contributed by atoms with Crippen molar-refractivity contribution in [3.63, 3.8) is 0 Å². The van der Waals surface area contributed by atoms with Gasteiger partial charge in [0, 0.05) is 12.5 Å². The zero-order valence-electron chi connectivity index (χ0n) is 7.52. The van der Waals surface area contributed by atoms with E-state index in [9.17, 15) is 13.2 Å². The molecule has 1 aliphatic rings. The highest BCUT2D eigenvalue weighted by atomic mass is 19.4. The van der Waals surface area contributed by atoms with Crippen LogP contribution in [0.5, 0.6) is 0 Å². The Bertz CT molecular complexity index is 296. The summed E-state index contributed by atoms with van der Waals surface area (Å²) in [5, 5.41) is 0. The second-order valence-corrected chi connectivity index (χ2v) is 2.50. The minimum absolute atomic E-state index is 0.249. The van der Waals surface area contributed by atoms with Crippen LogP contribution in [0, 0.1) is 0 Å². The van der Waals surface area contributed by atoms with Gasteiger partial charge in [-0.15, -0.1) is 13.2 Å². The van der Waals surface area contributed by atoms with E-state index in [2.05, 4.69) is 10.5 Å². The molecule has 0 bridgehead atoms. The summed E-state index contributed by atoms with van der Waals surface area (Å²) in [5.41, 5.74) is 2.57. The summed E-state index contributed by atoms with van der Waals surface area (Å²) in [6, 6.07) is 0. The highest BCUT2D eigenvalue weighted by Gasteiger charge is 2.31. The molecule has 0 heterocycles. The second kappa shape index (κ2) is 4.24. The molecule has 0 aromatic heterocycles. The van der Waals surface area contributed by atoms with E-state index >= 15 is 0 Å². The van der Waals surface area contributed by atoms with E-state index in [-0.39, 0.29) is 12.2 Å². The number of rotatable bonds is 3. The molecule has 0 saturated heterocycles. The van der Waals surface area contributed by atoms with E-state index in [4.69, 9.17) is 4.74 Å². The minimum Gasteiger partial charge on any atom is -0.490 e. The zero-order chi connectivity index (χ0) is 10.6. The van der Waals surface area contributed by atoms with E-state index in [1.165, 1.54) is 6.08 Å². The smallest absolute Gasteiger partial charge is 0.490 e. The largest absolute Gasteiger partial charge is 0.573 e. The van der Waals surface area contributed by atoms with Gasteiger partial charge in [0.1, 0.15) is 11.5 Å². The molecule has 0 atom stereocenters. The average Bonchev–Trinajstić information content (AvgIpc) is 2.06. The van der Waals surface area contributed by atoms with Crippen molar-refractivity contribution in [3.05, 3.63) is 29.4 Å². The highest BCUT2D eigenvalue weighted by Crippen LogP contribution is 2.23. The van der Waals surface area contributed by atoms with Crippen LogP contribution in [0.25, 0.3) is 0 Å². The summed E-state index contributed by atoms with van der Waals surface area (Å²) >= 11 is 0. The van der Waals surface area contributed by atoms with Crippen molar-refractivity contribution in [2.75, 3.05) is 6.61 Å². The van der Waals surface area contributed by atoms with Crippen LogP contribution in [0.4, 0.5) is 13.2 Å². The Morgan fingerprint density at radius 3 is 2.64 bits per heavy atom. The van der Waals surface area contributed by atoms with Gasteiger partial charge < -0.3 is 9.47 Å². The Morgan fingerprint density at radius 1 is 1.50 bits per heavy atom. The predicted molar refractivity (Wildman–Crippen MR) is 43.1 cm³/mol. The maximum atomic E-state index is 11.7. The SMILES string of the molecule is CCOC1=C=CC(OC(F)(F)F)=CC1. The molecule has 5 heteroatoms. The maximum Gasteiger partial charge on any atom is 0.573 e. The van der Waals surface area contributed by atoms with Crippen LogP contribution in [0.3, 0.4) is 0 Å². The van der Waals surface area contributed by atoms with Gasteiger partial charge in [0.05, 0.1) is 6.61 Å². The summed E-state index contributed by atoms with van der Waals surface area (Å²) in [6.45, 7) is 2.26. The Morgan fingerprint density at radius 2 is 2.21 bits per heavy atom. The molecule has 14 heavy (non-hydrogen) atoms. The minimum atomic E-state index is -4.65. The van der Waals surface area contributed by atoms with Crippen LogP contribution < -0.4 is 0 Å². The fourth-order valence-electron chi connectivity index (χ4n) is 0.942. The number of hydrogen-bond donors (Lipinski definition) is 0. The van der Waals surface area contributed by atoms with E-state index in [0.717, 1.165) is 6.08 Å². The Hall–Kier alpha value is -1.35. The lowest BCUT2D eigenvalue weighted by Crippen LogP contribution is -2.12. The summed E-state index contributed by atoms with van der Waals surface area (Å²) in [5.74, 6) is 0.267. The Balaban J connectivity index is 2.58. The van der Waals surface area contributed by atoms with E-state index in [0.29, 0.717) is 12.4 Å². The normalized spacial score (nSPS) is 16.0. The number of ether oxygens (including phenoxy) is 2. The van der Waals surface area contributed by atoms with E-state index < -0.39 is 6.36 Å². The van der Waals surface area contributed by atoms with Crippen molar-refractivity contribution < 1.29 is 22.6 Å². The van der Waals surface area contributed by atoms with E-state index in [1.807, 2.05) is 0 Å². The lowest BCUT2D eigenvalue weighted by molar-refractivity contribution is -0.303. The summed E-state index contributed by atoms with van der Waals surface area (Å²) in [6.07, 6.45) is -1.96. The molecule has 0 aromatic carbocycles. The third-order valence-electron chi connectivity index (χ3n) is 1.42. The van der Waals surface area contributed by atoms with Gasteiger partial charge in [0.25, 0.3) is 0 Å². The number of alkyl halides is 3. The molecule has 0 radical (unpaired) electrons. The van der Waals surface area contributed by atoms with Crippen molar-refractivity contribution in [2.24, 2.45) is 0 Å². The molecule has 0 amide bonds. The van der Waals surface area contributed by atoms with Crippen LogP contribution in [-0.2, 0) is 9.47 Å². The first-order valence-electron chi connectivity index (χ1n) is 4.05. The van der Waals surface area contributed by atoms with E-state index in [1.54, 1.807) is 6.92 Å². The molecule has 2 nitrogen and oxygen atoms in total. The van der Waals surface area contributed by atoms with Gasteiger partial charge in [-0.1, -0.05) is 5.73 Å². The fourth-order valence-corrected chi connectivity index (χ4v) is 0.942. The van der Waals surface area contributed by atoms with Crippen LogP contribution in [0.2, 0.25) is 0 Å². The quantitative estimate of drug-likeness (QED) is 0.661. The molecule has 0 aliphatic heterocycles. The third-order valence-corrected chi connectivity index (χ3v) is 1.42. The topological polar surface area (TPSA) is 18.5 Å². The molecule has 0 aromatic rings. The van der Waals surface area contributed by atoms with Crippen molar-refractivity contribution in [2.45, 2.75) is 19.7 Å². The van der Waals surface area contributed by atoms with Gasteiger partial charge in [-0.2, -0.15) is 0 Å². The van der Waals surface area contributed by atoms with Gasteiger partial charge in [-0.05, 0) is 13.0 Å². The van der Waals surface area contributed by atoms with Crippen LogP contribution in [-0.4, -0.2) is 13.0 Å². The zero-order valence-corrected chi connectivity index (χ0v) is 7.52.